The highest BCUT2D eigenvalue weighted by Crippen LogP contribution is 3.02. The summed E-state index contributed by atoms with van der Waals surface area (Å²) >= 11 is 0. The summed E-state index contributed by atoms with van der Waals surface area (Å²) in [5.41, 5.74) is 20.4. The van der Waals surface area contributed by atoms with Crippen LogP contribution in [0.1, 0.15) is 65.7 Å². The van der Waals surface area contributed by atoms with E-state index in [0.717, 1.165) is 17.0 Å². The summed E-state index contributed by atoms with van der Waals surface area (Å²) in [7, 11) is -8.54. The Bertz CT molecular complexity index is 2600. The first-order chi connectivity index (χ1) is 32.5. The Morgan fingerprint density at radius 2 is 1.49 bits per heavy atom. The van der Waals surface area contributed by atoms with Crippen molar-refractivity contribution in [1.29, 1.82) is 5.26 Å². The summed E-state index contributed by atoms with van der Waals surface area (Å²) in [6, 6.07) is 14.9. The van der Waals surface area contributed by atoms with Gasteiger partial charge in [0, 0.05) is 49.2 Å². The predicted octanol–water partition coefficient (Wildman–Crippen LogP) is 6.36. The first kappa shape index (κ1) is 53.4. The predicted molar refractivity (Wildman–Crippen MR) is 252 cm³/mol. The number of hydrogen-bond acceptors (Lipinski definition) is 11. The van der Waals surface area contributed by atoms with Crippen molar-refractivity contribution in [2.45, 2.75) is 69.0 Å². The Balaban J connectivity index is 1.56. The molecule has 69 heavy (non-hydrogen) atoms. The van der Waals surface area contributed by atoms with Crippen LogP contribution in [0, 0.1) is 24.2 Å². The number of ether oxygens (including phenoxy) is 2. The maximum atomic E-state index is 14.6. The van der Waals surface area contributed by atoms with Gasteiger partial charge in [-0.15, -0.1) is 0 Å². The van der Waals surface area contributed by atoms with Crippen molar-refractivity contribution in [3.63, 3.8) is 0 Å². The molecule has 1 aliphatic heterocycles. The van der Waals surface area contributed by atoms with Crippen LogP contribution in [-0.2, 0) is 25.6 Å². The van der Waals surface area contributed by atoms with Gasteiger partial charge in [-0.1, -0.05) is 55.8 Å². The Kier molecular flexibility index (Phi) is 16.8. The molecule has 0 spiro atoms. The molecule has 0 unspecified atom stereocenters. The lowest BCUT2D eigenvalue weighted by Gasteiger charge is -2.40. The summed E-state index contributed by atoms with van der Waals surface area (Å²) in [4.78, 5) is 69.1. The minimum absolute atomic E-state index is 0.00735. The number of ketones is 1. The number of likely N-dealkylation sites (N-methyl/N-ethyl adjacent to an activating group) is 1. The van der Waals surface area contributed by atoms with E-state index >= 15 is 0 Å². The molecule has 9 N–H and O–H groups in total. The van der Waals surface area contributed by atoms with Gasteiger partial charge in [0.25, 0.3) is 5.91 Å². The number of carbonyl (C=O) groups excluding carboxylic acids is 5. The van der Waals surface area contributed by atoms with E-state index in [4.69, 9.17) is 31.9 Å². The van der Waals surface area contributed by atoms with Gasteiger partial charge in [-0.25, -0.2) is 0 Å². The molecular formula is C48H57F5N8O7S. The zero-order valence-electron chi connectivity index (χ0n) is 38.4. The van der Waals surface area contributed by atoms with E-state index in [1.54, 1.807) is 43.3 Å². The van der Waals surface area contributed by atoms with Gasteiger partial charge in [-0.2, -0.15) is 5.26 Å². The Morgan fingerprint density at radius 3 is 2.09 bits per heavy atom. The van der Waals surface area contributed by atoms with Crippen molar-refractivity contribution in [3.8, 4) is 39.8 Å². The van der Waals surface area contributed by atoms with E-state index < -0.39 is 56.9 Å². The number of rotatable bonds is 16. The lowest BCUT2D eigenvalue weighted by atomic mass is 9.89. The number of hydrogen-bond donors (Lipinski definition) is 6. The molecule has 4 amide bonds. The van der Waals surface area contributed by atoms with Gasteiger partial charge in [0.05, 0.1) is 12.1 Å². The van der Waals surface area contributed by atoms with Crippen molar-refractivity contribution in [3.05, 3.63) is 101 Å². The van der Waals surface area contributed by atoms with Crippen molar-refractivity contribution >= 4 is 39.6 Å². The zero-order chi connectivity index (χ0) is 50.7. The number of nitrogens with two attached hydrogens (primary N) is 3. The molecule has 1 heterocycles. The highest BCUT2D eigenvalue weighted by atomic mass is 32.5. The molecule has 1 aliphatic rings. The van der Waals surface area contributed by atoms with Crippen LogP contribution < -0.4 is 42.6 Å². The largest absolute Gasteiger partial charge is 0.492 e. The van der Waals surface area contributed by atoms with Crippen LogP contribution >= 0.6 is 10.2 Å². The van der Waals surface area contributed by atoms with Crippen LogP contribution in [0.25, 0.3) is 22.3 Å². The van der Waals surface area contributed by atoms with Crippen LogP contribution in [0.4, 0.5) is 19.4 Å². The number of nitrogens with zero attached hydrogens (tertiary/aromatic N) is 2. The van der Waals surface area contributed by atoms with Gasteiger partial charge < -0.3 is 47.5 Å². The molecular weight excluding hydrogens is 928 g/mol. The number of benzene rings is 4. The molecule has 15 nitrogen and oxygen atoms in total. The summed E-state index contributed by atoms with van der Waals surface area (Å²) < 4.78 is 78.9. The highest BCUT2D eigenvalue weighted by molar-refractivity contribution is 8.45. The van der Waals surface area contributed by atoms with Gasteiger partial charge in [0.1, 0.15) is 48.2 Å². The first-order valence-corrected chi connectivity index (χ1v) is 24.1. The molecule has 0 saturated carbocycles. The van der Waals surface area contributed by atoms with Crippen LogP contribution in [0.15, 0.2) is 83.8 Å². The second-order valence-electron chi connectivity index (χ2n) is 16.7. The third-order valence-corrected chi connectivity index (χ3v) is 12.7. The molecule has 0 radical (unpaired) electrons. The molecule has 5 rings (SSSR count). The van der Waals surface area contributed by atoms with E-state index in [0.29, 0.717) is 51.4 Å². The van der Waals surface area contributed by atoms with Crippen molar-refractivity contribution in [2.24, 2.45) is 23.1 Å². The van der Waals surface area contributed by atoms with Gasteiger partial charge in [0.2, 0.25) is 17.7 Å². The topological polar surface area (TPSA) is 245 Å². The minimum Gasteiger partial charge on any atom is -0.492 e. The fourth-order valence-corrected chi connectivity index (χ4v) is 8.66. The second kappa shape index (κ2) is 21.8. The monoisotopic (exact) mass is 984 g/mol. The SMILES string of the molecule is Cc1cc(-c2ccc(S(F)(F)(F)(F)F)cc2)ccc1C(=O)N[C@@H](CCN)C(=O)N(C)[C@@H]1C(=O)N[C@@H](C)C(=O)CCC[C@H](C(=O)NCC#N)Cc2ccc(OCCN)c(c2)-c2cc1ccc2OCCN. The molecule has 21 heteroatoms. The summed E-state index contributed by atoms with van der Waals surface area (Å²) in [6.45, 7) is 3.29. The number of aryl methyl sites for hydroxylation is 1. The zero-order valence-corrected chi connectivity index (χ0v) is 39.2. The van der Waals surface area contributed by atoms with Gasteiger partial charge in [0.15, 0.2) is 5.78 Å². The average Bonchev–Trinajstić information content (AvgIpc) is 3.30. The third kappa shape index (κ3) is 13.8. The van der Waals surface area contributed by atoms with E-state index in [-0.39, 0.29) is 99.9 Å². The van der Waals surface area contributed by atoms with E-state index in [1.807, 2.05) is 6.07 Å². The first-order valence-electron chi connectivity index (χ1n) is 22.1. The number of halogens is 5. The highest BCUT2D eigenvalue weighted by Gasteiger charge is 2.65. The smallest absolute Gasteiger partial charge is 0.310 e. The fourth-order valence-electron chi connectivity index (χ4n) is 8.01. The minimum atomic E-state index is -9.90. The molecule has 4 aromatic carbocycles. The van der Waals surface area contributed by atoms with Gasteiger partial charge >= 0.3 is 10.2 Å². The summed E-state index contributed by atoms with van der Waals surface area (Å²) in [6.07, 6.45) is 0.669. The molecule has 372 valence electrons. The normalized spacial score (nSPS) is 18.0. The van der Waals surface area contributed by atoms with Crippen LogP contribution in [0.5, 0.6) is 11.5 Å². The maximum Gasteiger partial charge on any atom is 0.310 e. The van der Waals surface area contributed by atoms with E-state index in [1.165, 1.54) is 32.2 Å². The molecule has 4 atom stereocenters. The van der Waals surface area contributed by atoms with Crippen LogP contribution in [-0.4, -0.2) is 92.8 Å². The Hall–Kier alpha value is -6.60. The summed E-state index contributed by atoms with van der Waals surface area (Å²) in [5.74, 6) is -2.84. The molecule has 0 aromatic heterocycles. The second-order valence-corrected chi connectivity index (χ2v) is 19.1. The quantitative estimate of drug-likeness (QED) is 0.0533. The fraction of sp³-hybridized carbons (Fsp3) is 0.375. The number of amides is 4. The van der Waals surface area contributed by atoms with Gasteiger partial charge in [-0.3, -0.25) is 24.0 Å². The molecule has 4 bridgehead atoms. The van der Waals surface area contributed by atoms with Crippen LogP contribution in [0.3, 0.4) is 0 Å². The maximum absolute atomic E-state index is 14.6. The van der Waals surface area contributed by atoms with Crippen LogP contribution in [0.2, 0.25) is 0 Å². The molecule has 0 saturated heterocycles. The third-order valence-electron chi connectivity index (χ3n) is 11.6. The lowest BCUT2D eigenvalue weighted by molar-refractivity contribution is -0.141. The van der Waals surface area contributed by atoms with Gasteiger partial charge in [-0.05, 0) is 116 Å². The number of carbonyl (C=O) groups is 5. The molecule has 0 aliphatic carbocycles. The Morgan fingerprint density at radius 1 is 0.870 bits per heavy atom. The van der Waals surface area contributed by atoms with E-state index in [9.17, 15) is 43.4 Å². The van der Waals surface area contributed by atoms with Crippen molar-refractivity contribution in [1.82, 2.24) is 20.9 Å². The standard InChI is InChI=1S/C48H57F5N8O7S/c1-29-25-33(32-8-12-36(13-9-32)69(49,50,51,52)53)10-14-37(29)46(64)60-40(17-18-54)48(66)61(3)44-34-11-16-43(68-24-21-57)39(28-34)38-27-31(7-15-42(38)67-23-20-56)26-35(45(63)58-22-19-55)5-4-6-41(62)30(2)59-47(44)65/h7-16,25,27-28,30,35,40,44H,4-6,17-18,20-24,26,54,56-57H2,1-3H3,(H,58,63)(H,59,65)(H,60,64)/t30-,35-,40-,44-/m0/s1. The van der Waals surface area contributed by atoms with Crippen molar-refractivity contribution < 1.29 is 52.9 Å². The molecule has 4 aromatic rings. The lowest BCUT2D eigenvalue weighted by Crippen LogP contribution is -2.52. The average molecular weight is 985 g/mol. The summed E-state index contributed by atoms with van der Waals surface area (Å²) in [5, 5.41) is 17.2. The number of nitrogens with one attached hydrogen (secondary N) is 3. The van der Waals surface area contributed by atoms with E-state index in [2.05, 4.69) is 16.0 Å². The molecule has 0 fully saturated rings. The number of Topliss-reactive ketones (excluding diaryl/α,β-unsaturated/α-hetero) is 1. The number of fused-ring (bicyclic) bond motifs is 5. The Labute approximate surface area is 397 Å². The van der Waals surface area contributed by atoms with Crippen molar-refractivity contribution in [2.75, 3.05) is 46.4 Å². The number of nitriles is 1.